The van der Waals surface area contributed by atoms with Gasteiger partial charge in [-0.3, -0.25) is 4.79 Å². The zero-order valence-corrected chi connectivity index (χ0v) is 12.3. The number of hydrogen-bond donors (Lipinski definition) is 2. The van der Waals surface area contributed by atoms with Gasteiger partial charge < -0.3 is 5.32 Å². The first-order chi connectivity index (χ1) is 8.77. The van der Waals surface area contributed by atoms with E-state index in [1.807, 2.05) is 6.92 Å². The number of nitrogens with one attached hydrogen (secondary N) is 1. The van der Waals surface area contributed by atoms with Crippen LogP contribution in [0.2, 0.25) is 0 Å². The molecule has 6 heteroatoms. The third kappa shape index (κ3) is 4.04. The van der Waals surface area contributed by atoms with Gasteiger partial charge in [0.2, 0.25) is 10.0 Å². The second-order valence-electron chi connectivity index (χ2n) is 4.59. The molecule has 5 nitrogen and oxygen atoms in total. The average Bonchev–Trinajstić information content (AvgIpc) is 2.27. The molecular formula is C13H20N2O3S. The number of sulfonamides is 1. The lowest BCUT2D eigenvalue weighted by atomic mass is 10.0. The lowest BCUT2D eigenvalue weighted by Crippen LogP contribution is -2.26. The first kappa shape index (κ1) is 15.7. The van der Waals surface area contributed by atoms with Crippen LogP contribution in [0.4, 0.5) is 0 Å². The van der Waals surface area contributed by atoms with E-state index in [4.69, 9.17) is 5.14 Å². The molecule has 0 atom stereocenters. The maximum atomic E-state index is 12.0. The minimum Gasteiger partial charge on any atom is -0.352 e. The van der Waals surface area contributed by atoms with E-state index in [9.17, 15) is 13.2 Å². The molecule has 0 saturated carbocycles. The van der Waals surface area contributed by atoms with Gasteiger partial charge >= 0.3 is 0 Å². The van der Waals surface area contributed by atoms with Gasteiger partial charge in [0, 0.05) is 12.1 Å². The summed E-state index contributed by atoms with van der Waals surface area (Å²) in [7, 11) is -3.81. The SMILES string of the molecule is CCCCNC(=O)c1cc(S(N)(=O)=O)c(C)cc1C. The van der Waals surface area contributed by atoms with Crippen molar-refractivity contribution in [1.29, 1.82) is 0 Å². The fraction of sp³-hybridized carbons (Fsp3) is 0.462. The van der Waals surface area contributed by atoms with Crippen molar-refractivity contribution in [3.05, 3.63) is 28.8 Å². The Kier molecular flexibility index (Phi) is 5.08. The summed E-state index contributed by atoms with van der Waals surface area (Å²) < 4.78 is 22.9. The minimum absolute atomic E-state index is 0.00117. The van der Waals surface area contributed by atoms with E-state index in [-0.39, 0.29) is 10.8 Å². The number of hydrogen-bond acceptors (Lipinski definition) is 3. The third-order valence-electron chi connectivity index (χ3n) is 2.89. The van der Waals surface area contributed by atoms with Crippen LogP contribution < -0.4 is 10.5 Å². The molecule has 0 aromatic heterocycles. The van der Waals surface area contributed by atoms with Crippen molar-refractivity contribution in [2.45, 2.75) is 38.5 Å². The summed E-state index contributed by atoms with van der Waals surface area (Å²) in [5.74, 6) is -0.268. The first-order valence-corrected chi connectivity index (χ1v) is 7.74. The molecule has 1 rings (SSSR count). The van der Waals surface area contributed by atoms with Gasteiger partial charge in [0.15, 0.2) is 0 Å². The Balaban J connectivity index is 3.11. The number of rotatable bonds is 5. The Morgan fingerprint density at radius 3 is 2.42 bits per heavy atom. The topological polar surface area (TPSA) is 89.3 Å². The number of unbranched alkanes of at least 4 members (excludes halogenated alkanes) is 1. The van der Waals surface area contributed by atoms with Crippen molar-refractivity contribution < 1.29 is 13.2 Å². The summed E-state index contributed by atoms with van der Waals surface area (Å²) >= 11 is 0. The molecule has 0 saturated heterocycles. The van der Waals surface area contributed by atoms with E-state index in [1.54, 1.807) is 19.9 Å². The highest BCUT2D eigenvalue weighted by atomic mass is 32.2. The molecule has 0 aliphatic carbocycles. The van der Waals surface area contributed by atoms with E-state index in [0.29, 0.717) is 17.7 Å². The van der Waals surface area contributed by atoms with Crippen molar-refractivity contribution in [3.63, 3.8) is 0 Å². The summed E-state index contributed by atoms with van der Waals surface area (Å²) in [5, 5.41) is 7.90. The highest BCUT2D eigenvalue weighted by Crippen LogP contribution is 2.19. The predicted octanol–water partition coefficient (Wildman–Crippen LogP) is 1.48. The van der Waals surface area contributed by atoms with Crippen molar-refractivity contribution >= 4 is 15.9 Å². The van der Waals surface area contributed by atoms with Gasteiger partial charge in [-0.1, -0.05) is 19.4 Å². The van der Waals surface area contributed by atoms with Crippen LogP contribution in [0.5, 0.6) is 0 Å². The molecule has 0 heterocycles. The van der Waals surface area contributed by atoms with E-state index in [0.717, 1.165) is 18.4 Å². The number of carbonyl (C=O) groups is 1. The average molecular weight is 284 g/mol. The number of primary sulfonamides is 1. The zero-order valence-electron chi connectivity index (χ0n) is 11.5. The minimum atomic E-state index is -3.81. The molecule has 0 aliphatic rings. The van der Waals surface area contributed by atoms with Crippen LogP contribution in [0.15, 0.2) is 17.0 Å². The van der Waals surface area contributed by atoms with Crippen LogP contribution in [0.3, 0.4) is 0 Å². The lowest BCUT2D eigenvalue weighted by molar-refractivity contribution is 0.0952. The number of amides is 1. The molecule has 3 N–H and O–H groups in total. The van der Waals surface area contributed by atoms with Crippen LogP contribution >= 0.6 is 0 Å². The summed E-state index contributed by atoms with van der Waals surface area (Å²) in [6.07, 6.45) is 1.87. The highest BCUT2D eigenvalue weighted by molar-refractivity contribution is 7.89. The molecule has 0 bridgehead atoms. The Bertz CT molecular complexity index is 580. The van der Waals surface area contributed by atoms with Crippen LogP contribution in [0.1, 0.15) is 41.3 Å². The number of carbonyl (C=O) groups excluding carboxylic acids is 1. The molecule has 0 aliphatic heterocycles. The molecule has 0 unspecified atom stereocenters. The largest absolute Gasteiger partial charge is 0.352 e. The Labute approximate surface area is 114 Å². The van der Waals surface area contributed by atoms with Gasteiger partial charge in [-0.2, -0.15) is 0 Å². The number of aryl methyl sites for hydroxylation is 2. The van der Waals surface area contributed by atoms with Gasteiger partial charge in [-0.05, 0) is 37.5 Å². The smallest absolute Gasteiger partial charge is 0.251 e. The summed E-state index contributed by atoms with van der Waals surface area (Å²) in [6.45, 7) is 6.04. The molecule has 19 heavy (non-hydrogen) atoms. The summed E-state index contributed by atoms with van der Waals surface area (Å²) in [4.78, 5) is 12.0. The second-order valence-corrected chi connectivity index (χ2v) is 6.12. The summed E-state index contributed by atoms with van der Waals surface area (Å²) in [6, 6.07) is 3.01. The highest BCUT2D eigenvalue weighted by Gasteiger charge is 2.17. The van der Waals surface area contributed by atoms with Crippen LogP contribution in [0.25, 0.3) is 0 Å². The van der Waals surface area contributed by atoms with E-state index < -0.39 is 10.0 Å². The summed E-state index contributed by atoms with van der Waals surface area (Å²) in [5.41, 5.74) is 1.63. The van der Waals surface area contributed by atoms with Gasteiger partial charge in [0.25, 0.3) is 5.91 Å². The molecule has 0 radical (unpaired) electrons. The van der Waals surface area contributed by atoms with Gasteiger partial charge in [0.1, 0.15) is 0 Å². The molecule has 0 spiro atoms. The maximum Gasteiger partial charge on any atom is 0.251 e. The van der Waals surface area contributed by atoms with Crippen LogP contribution in [-0.2, 0) is 10.0 Å². The van der Waals surface area contributed by atoms with Crippen molar-refractivity contribution in [2.24, 2.45) is 5.14 Å². The van der Waals surface area contributed by atoms with Crippen LogP contribution in [-0.4, -0.2) is 20.9 Å². The molecule has 0 fully saturated rings. The standard InChI is InChI=1S/C13H20N2O3S/c1-4-5-6-15-13(16)11-8-12(19(14,17)18)10(3)7-9(11)2/h7-8H,4-6H2,1-3H3,(H,15,16)(H2,14,17,18). The number of nitrogens with two attached hydrogens (primary N) is 1. The van der Waals surface area contributed by atoms with Gasteiger partial charge in [-0.15, -0.1) is 0 Å². The maximum absolute atomic E-state index is 12.0. The Hall–Kier alpha value is -1.40. The first-order valence-electron chi connectivity index (χ1n) is 6.19. The molecule has 1 aromatic rings. The number of benzene rings is 1. The predicted molar refractivity (Wildman–Crippen MR) is 74.5 cm³/mol. The Morgan fingerprint density at radius 1 is 1.26 bits per heavy atom. The van der Waals surface area contributed by atoms with E-state index >= 15 is 0 Å². The van der Waals surface area contributed by atoms with E-state index in [2.05, 4.69) is 5.32 Å². The quantitative estimate of drug-likeness (QED) is 0.803. The third-order valence-corrected chi connectivity index (χ3v) is 3.94. The van der Waals surface area contributed by atoms with Crippen molar-refractivity contribution in [1.82, 2.24) is 5.32 Å². The molecule has 1 amide bonds. The van der Waals surface area contributed by atoms with E-state index in [1.165, 1.54) is 6.07 Å². The lowest BCUT2D eigenvalue weighted by Gasteiger charge is -2.11. The zero-order chi connectivity index (χ0) is 14.6. The molecular weight excluding hydrogens is 264 g/mol. The molecule has 1 aromatic carbocycles. The monoisotopic (exact) mass is 284 g/mol. The van der Waals surface area contributed by atoms with Gasteiger partial charge in [0.05, 0.1) is 4.90 Å². The van der Waals surface area contributed by atoms with Crippen molar-refractivity contribution in [2.75, 3.05) is 6.54 Å². The normalized spacial score (nSPS) is 11.4. The molecule has 106 valence electrons. The Morgan fingerprint density at radius 2 is 1.89 bits per heavy atom. The van der Waals surface area contributed by atoms with Crippen molar-refractivity contribution in [3.8, 4) is 0 Å². The van der Waals surface area contributed by atoms with Crippen LogP contribution in [0, 0.1) is 13.8 Å². The fourth-order valence-corrected chi connectivity index (χ4v) is 2.65. The van der Waals surface area contributed by atoms with Gasteiger partial charge in [-0.25, -0.2) is 13.6 Å². The second kappa shape index (κ2) is 6.16. The fourth-order valence-electron chi connectivity index (χ4n) is 1.86.